The Morgan fingerprint density at radius 2 is 2.07 bits per heavy atom. The zero-order chi connectivity index (χ0) is 20.0. The van der Waals surface area contributed by atoms with Crippen LogP contribution in [0.25, 0.3) is 0 Å². The van der Waals surface area contributed by atoms with E-state index in [1.165, 1.54) is 25.3 Å². The van der Waals surface area contributed by atoms with Gasteiger partial charge in [-0.1, -0.05) is 38.0 Å². The van der Waals surface area contributed by atoms with E-state index in [1.54, 1.807) is 18.3 Å². The first-order valence-corrected chi connectivity index (χ1v) is 10.8. The number of nitrogens with zero attached hydrogens (tertiary/aromatic N) is 2. The van der Waals surface area contributed by atoms with Gasteiger partial charge in [-0.25, -0.2) is 4.39 Å². The molecular formula is C24H28FN3O. The molecule has 1 aromatic carbocycles. The number of piperidine rings is 1. The maximum absolute atomic E-state index is 13.9. The van der Waals surface area contributed by atoms with Crippen LogP contribution >= 0.6 is 0 Å². The van der Waals surface area contributed by atoms with Gasteiger partial charge < -0.3 is 10.2 Å². The molecule has 152 valence electrons. The Kier molecular flexibility index (Phi) is 4.66. The highest BCUT2D eigenvalue weighted by Gasteiger charge is 2.57. The summed E-state index contributed by atoms with van der Waals surface area (Å²) in [5.41, 5.74) is 2.21. The molecule has 2 bridgehead atoms. The summed E-state index contributed by atoms with van der Waals surface area (Å²) in [4.78, 5) is 20.1. The first-order valence-electron chi connectivity index (χ1n) is 10.8. The zero-order valence-corrected chi connectivity index (χ0v) is 16.9. The number of aromatic nitrogens is 1. The minimum atomic E-state index is -0.220. The van der Waals surface area contributed by atoms with Crippen LogP contribution in [-0.4, -0.2) is 40.5 Å². The van der Waals surface area contributed by atoms with Gasteiger partial charge in [-0.05, 0) is 43.0 Å². The number of hydrogen-bond acceptors (Lipinski definition) is 3. The minimum absolute atomic E-state index is 0.0954. The van der Waals surface area contributed by atoms with Crippen molar-refractivity contribution in [2.24, 2.45) is 5.41 Å². The van der Waals surface area contributed by atoms with Gasteiger partial charge in [0.05, 0.1) is 5.56 Å². The molecule has 0 spiro atoms. The second-order valence-electron chi connectivity index (χ2n) is 9.14. The van der Waals surface area contributed by atoms with Crippen molar-refractivity contribution in [1.82, 2.24) is 15.2 Å². The monoisotopic (exact) mass is 393 g/mol. The lowest BCUT2D eigenvalue weighted by atomic mass is 9.72. The molecule has 3 heterocycles. The highest BCUT2D eigenvalue weighted by atomic mass is 19.1. The number of fused-ring (bicyclic) bond motifs is 1. The van der Waals surface area contributed by atoms with Crippen LogP contribution < -0.4 is 5.32 Å². The number of likely N-dealkylation sites (tertiary alicyclic amines) is 1. The van der Waals surface area contributed by atoms with Gasteiger partial charge in [0.2, 0.25) is 0 Å². The molecule has 0 unspecified atom stereocenters. The third-order valence-corrected chi connectivity index (χ3v) is 7.42. The van der Waals surface area contributed by atoms with Gasteiger partial charge >= 0.3 is 0 Å². The van der Waals surface area contributed by atoms with Crippen molar-refractivity contribution in [1.29, 1.82) is 0 Å². The van der Waals surface area contributed by atoms with Crippen LogP contribution in [-0.2, 0) is 6.42 Å². The molecule has 5 heteroatoms. The highest BCUT2D eigenvalue weighted by Crippen LogP contribution is 2.50. The number of pyridine rings is 1. The lowest BCUT2D eigenvalue weighted by Gasteiger charge is -2.39. The van der Waals surface area contributed by atoms with E-state index in [4.69, 9.17) is 0 Å². The second-order valence-corrected chi connectivity index (χ2v) is 9.14. The van der Waals surface area contributed by atoms with Crippen LogP contribution in [0, 0.1) is 11.2 Å². The number of hydrogen-bond donors (Lipinski definition) is 1. The molecule has 2 aliphatic heterocycles. The average molecular weight is 394 g/mol. The smallest absolute Gasteiger partial charge is 0.255 e. The van der Waals surface area contributed by atoms with Crippen LogP contribution in [0.2, 0.25) is 0 Å². The minimum Gasteiger partial charge on any atom is -0.331 e. The summed E-state index contributed by atoms with van der Waals surface area (Å²) in [6.07, 6.45) is 7.94. The third-order valence-electron chi connectivity index (χ3n) is 7.42. The highest BCUT2D eigenvalue weighted by molar-refractivity contribution is 5.94. The quantitative estimate of drug-likeness (QED) is 0.859. The first-order chi connectivity index (χ1) is 14.1. The first kappa shape index (κ1) is 18.7. The van der Waals surface area contributed by atoms with Crippen molar-refractivity contribution in [3.8, 4) is 0 Å². The Hall–Kier alpha value is -2.27. The van der Waals surface area contributed by atoms with Crippen LogP contribution in [0.3, 0.4) is 0 Å². The van der Waals surface area contributed by atoms with Gasteiger partial charge in [-0.2, -0.15) is 0 Å². The van der Waals surface area contributed by atoms with Crippen LogP contribution in [0.1, 0.15) is 60.6 Å². The van der Waals surface area contributed by atoms with E-state index < -0.39 is 0 Å². The number of nitrogens with one attached hydrogen (secondary N) is 1. The number of carbonyl (C=O) groups excluding carboxylic acids is 1. The molecule has 29 heavy (non-hydrogen) atoms. The van der Waals surface area contributed by atoms with E-state index in [0.29, 0.717) is 29.6 Å². The molecule has 1 N–H and O–H groups in total. The molecule has 1 saturated carbocycles. The Morgan fingerprint density at radius 1 is 1.24 bits per heavy atom. The van der Waals surface area contributed by atoms with Crippen molar-refractivity contribution < 1.29 is 9.18 Å². The molecule has 0 radical (unpaired) electrons. The van der Waals surface area contributed by atoms with E-state index >= 15 is 0 Å². The van der Waals surface area contributed by atoms with Crippen molar-refractivity contribution >= 4 is 5.91 Å². The molecule has 5 rings (SSSR count). The fraction of sp³-hybridized carbons (Fsp3) is 0.500. The summed E-state index contributed by atoms with van der Waals surface area (Å²) in [7, 11) is 0. The molecule has 2 aromatic rings. The normalized spacial score (nSPS) is 30.8. The van der Waals surface area contributed by atoms with Crippen LogP contribution in [0.5, 0.6) is 0 Å². The van der Waals surface area contributed by atoms with Crippen molar-refractivity contribution in [3.63, 3.8) is 0 Å². The standard InChI is InChI=1S/C24H28FN3O/c1-24-13-19-15-27-21(24)8-4-5-9-22(24)28(19)23(29)17-10-11-18(26-14-17)12-16-6-2-3-7-20(16)25/h2-3,6-7,10-11,14,19,21-22,27H,4-5,8-9,12-13,15H2,1H3/t19-,21+,22-,24+/m0/s1. The molecule has 4 nitrogen and oxygen atoms in total. The summed E-state index contributed by atoms with van der Waals surface area (Å²) < 4.78 is 13.9. The zero-order valence-electron chi connectivity index (χ0n) is 16.9. The van der Waals surface area contributed by atoms with Gasteiger partial charge in [-0.3, -0.25) is 9.78 Å². The van der Waals surface area contributed by atoms with Crippen LogP contribution in [0.4, 0.5) is 4.39 Å². The van der Waals surface area contributed by atoms with Gasteiger partial charge in [0.15, 0.2) is 0 Å². The summed E-state index contributed by atoms with van der Waals surface area (Å²) in [5, 5.41) is 3.73. The van der Waals surface area contributed by atoms with E-state index in [9.17, 15) is 9.18 Å². The molecule has 4 atom stereocenters. The number of rotatable bonds is 3. The van der Waals surface area contributed by atoms with Gasteiger partial charge in [0.25, 0.3) is 5.91 Å². The van der Waals surface area contributed by atoms with E-state index in [2.05, 4.69) is 22.1 Å². The molecule has 3 fully saturated rings. The van der Waals surface area contributed by atoms with Gasteiger partial charge in [-0.15, -0.1) is 0 Å². The fourth-order valence-electron chi connectivity index (χ4n) is 5.91. The predicted octanol–water partition coefficient (Wildman–Crippen LogP) is 3.95. The number of amides is 1. The summed E-state index contributed by atoms with van der Waals surface area (Å²) >= 11 is 0. The van der Waals surface area contributed by atoms with Gasteiger partial charge in [0, 0.05) is 48.4 Å². The lowest BCUT2D eigenvalue weighted by molar-refractivity contribution is 0.0628. The molecule has 2 saturated heterocycles. The Morgan fingerprint density at radius 3 is 2.86 bits per heavy atom. The predicted molar refractivity (Wildman–Crippen MR) is 110 cm³/mol. The Bertz CT molecular complexity index is 915. The lowest BCUT2D eigenvalue weighted by Crippen LogP contribution is -2.51. The summed E-state index contributed by atoms with van der Waals surface area (Å²) in [6.45, 7) is 3.26. The third kappa shape index (κ3) is 3.16. The summed E-state index contributed by atoms with van der Waals surface area (Å²) in [5.74, 6) is -0.125. The van der Waals surface area contributed by atoms with E-state index in [1.807, 2.05) is 18.2 Å². The fourth-order valence-corrected chi connectivity index (χ4v) is 5.91. The summed E-state index contributed by atoms with van der Waals surface area (Å²) in [6, 6.07) is 11.6. The van der Waals surface area contributed by atoms with E-state index in [0.717, 1.165) is 25.1 Å². The second kappa shape index (κ2) is 7.21. The van der Waals surface area contributed by atoms with Crippen molar-refractivity contribution in [2.45, 2.75) is 63.6 Å². The molecular weight excluding hydrogens is 365 g/mol. The number of benzene rings is 1. The Labute approximate surface area is 171 Å². The number of halogens is 1. The SMILES string of the molecule is C[C@@]12C[C@H]3CN[C@@H]1CCCC[C@@H]2N3C(=O)c1ccc(Cc2ccccc2F)nc1. The molecule has 1 aromatic heterocycles. The van der Waals surface area contributed by atoms with Crippen LogP contribution in [0.15, 0.2) is 42.6 Å². The largest absolute Gasteiger partial charge is 0.331 e. The molecule has 1 aliphatic carbocycles. The van der Waals surface area contributed by atoms with Gasteiger partial charge in [0.1, 0.15) is 5.82 Å². The maximum Gasteiger partial charge on any atom is 0.255 e. The average Bonchev–Trinajstić information content (AvgIpc) is 2.83. The topological polar surface area (TPSA) is 45.2 Å². The Balaban J connectivity index is 1.37. The molecule has 1 amide bonds. The number of carbonyl (C=O) groups is 1. The van der Waals surface area contributed by atoms with E-state index in [-0.39, 0.29) is 23.2 Å². The molecule has 3 aliphatic rings. The van der Waals surface area contributed by atoms with Crippen molar-refractivity contribution in [2.75, 3.05) is 6.54 Å². The van der Waals surface area contributed by atoms with Crippen molar-refractivity contribution in [3.05, 3.63) is 65.2 Å². The maximum atomic E-state index is 13.9.